The molecule has 0 saturated carbocycles. The zero-order chi connectivity index (χ0) is 16.6. The SMILES string of the molecule is Cc1ccc(S(=O)(=O)c2ncoc2-c2ccc(C)c(C)c2)cc1. The van der Waals surface area contributed by atoms with Crippen LogP contribution in [0.2, 0.25) is 0 Å². The lowest BCUT2D eigenvalue weighted by Crippen LogP contribution is -2.04. The van der Waals surface area contributed by atoms with Gasteiger partial charge in [0.05, 0.1) is 4.90 Å². The minimum Gasteiger partial charge on any atom is -0.442 e. The van der Waals surface area contributed by atoms with Crippen molar-refractivity contribution in [3.63, 3.8) is 0 Å². The molecular formula is C18H17NO3S. The summed E-state index contributed by atoms with van der Waals surface area (Å²) in [7, 11) is -3.72. The van der Waals surface area contributed by atoms with Crippen molar-refractivity contribution in [1.29, 1.82) is 0 Å². The van der Waals surface area contributed by atoms with Gasteiger partial charge in [-0.1, -0.05) is 29.8 Å². The van der Waals surface area contributed by atoms with Crippen LogP contribution in [-0.2, 0) is 9.84 Å². The van der Waals surface area contributed by atoms with Crippen LogP contribution in [0.5, 0.6) is 0 Å². The molecule has 0 aliphatic carbocycles. The fourth-order valence-electron chi connectivity index (χ4n) is 2.33. The van der Waals surface area contributed by atoms with Gasteiger partial charge in [-0.25, -0.2) is 13.4 Å². The molecule has 0 N–H and O–H groups in total. The van der Waals surface area contributed by atoms with E-state index in [0.29, 0.717) is 5.56 Å². The average molecular weight is 327 g/mol. The quantitative estimate of drug-likeness (QED) is 0.726. The van der Waals surface area contributed by atoms with E-state index in [2.05, 4.69) is 4.98 Å². The van der Waals surface area contributed by atoms with E-state index in [-0.39, 0.29) is 15.7 Å². The molecule has 0 saturated heterocycles. The normalized spacial score (nSPS) is 11.6. The maximum Gasteiger partial charge on any atom is 0.227 e. The van der Waals surface area contributed by atoms with Crippen LogP contribution in [0.25, 0.3) is 11.3 Å². The van der Waals surface area contributed by atoms with Gasteiger partial charge in [0.1, 0.15) is 0 Å². The minimum absolute atomic E-state index is 0.0513. The van der Waals surface area contributed by atoms with Crippen molar-refractivity contribution in [2.24, 2.45) is 0 Å². The Balaban J connectivity index is 2.13. The maximum atomic E-state index is 12.8. The molecule has 0 bridgehead atoms. The van der Waals surface area contributed by atoms with Crippen molar-refractivity contribution in [2.75, 3.05) is 0 Å². The monoisotopic (exact) mass is 327 g/mol. The molecule has 1 aromatic heterocycles. The van der Waals surface area contributed by atoms with Crippen molar-refractivity contribution in [3.05, 3.63) is 65.5 Å². The minimum atomic E-state index is -3.72. The summed E-state index contributed by atoms with van der Waals surface area (Å²) in [6.07, 6.45) is 1.17. The van der Waals surface area contributed by atoms with Gasteiger partial charge in [0, 0.05) is 5.56 Å². The highest BCUT2D eigenvalue weighted by Gasteiger charge is 2.26. The Morgan fingerprint density at radius 1 is 0.913 bits per heavy atom. The zero-order valence-electron chi connectivity index (χ0n) is 13.2. The van der Waals surface area contributed by atoms with Gasteiger partial charge in [-0.05, 0) is 50.1 Å². The topological polar surface area (TPSA) is 60.2 Å². The first-order chi connectivity index (χ1) is 10.9. The summed E-state index contributed by atoms with van der Waals surface area (Å²) in [6, 6.07) is 12.4. The highest BCUT2D eigenvalue weighted by atomic mass is 32.2. The predicted molar refractivity (Wildman–Crippen MR) is 88.0 cm³/mol. The van der Waals surface area contributed by atoms with Gasteiger partial charge in [-0.2, -0.15) is 0 Å². The van der Waals surface area contributed by atoms with E-state index in [0.717, 1.165) is 16.7 Å². The molecule has 0 fully saturated rings. The first kappa shape index (κ1) is 15.5. The lowest BCUT2D eigenvalue weighted by Gasteiger charge is -2.06. The van der Waals surface area contributed by atoms with Gasteiger partial charge in [0.2, 0.25) is 14.9 Å². The Labute approximate surface area is 135 Å². The van der Waals surface area contributed by atoms with Gasteiger partial charge in [-0.15, -0.1) is 0 Å². The maximum absolute atomic E-state index is 12.8. The Morgan fingerprint density at radius 3 is 2.26 bits per heavy atom. The molecule has 0 aliphatic rings. The molecule has 0 atom stereocenters. The molecule has 0 radical (unpaired) electrons. The number of sulfone groups is 1. The van der Waals surface area contributed by atoms with Crippen LogP contribution in [-0.4, -0.2) is 13.4 Å². The molecule has 0 aliphatic heterocycles. The second kappa shape index (κ2) is 5.66. The second-order valence-corrected chi connectivity index (χ2v) is 7.47. The summed E-state index contributed by atoms with van der Waals surface area (Å²) >= 11 is 0. The van der Waals surface area contributed by atoms with Crippen molar-refractivity contribution >= 4 is 9.84 Å². The Kier molecular flexibility index (Phi) is 3.82. The van der Waals surface area contributed by atoms with Gasteiger partial charge in [0.15, 0.2) is 12.2 Å². The van der Waals surface area contributed by atoms with Crippen molar-refractivity contribution in [3.8, 4) is 11.3 Å². The Bertz CT molecular complexity index is 954. The molecule has 3 rings (SSSR count). The number of rotatable bonds is 3. The molecule has 0 amide bonds. The number of oxazole rings is 1. The molecule has 5 heteroatoms. The summed E-state index contributed by atoms with van der Waals surface area (Å²) in [4.78, 5) is 4.17. The van der Waals surface area contributed by atoms with E-state index in [1.165, 1.54) is 6.39 Å². The lowest BCUT2D eigenvalue weighted by atomic mass is 10.1. The van der Waals surface area contributed by atoms with Gasteiger partial charge in [0.25, 0.3) is 0 Å². The molecule has 23 heavy (non-hydrogen) atoms. The van der Waals surface area contributed by atoms with Crippen molar-refractivity contribution < 1.29 is 12.8 Å². The third-order valence-electron chi connectivity index (χ3n) is 3.89. The first-order valence-corrected chi connectivity index (χ1v) is 8.71. The van der Waals surface area contributed by atoms with Crippen LogP contribution in [0.1, 0.15) is 16.7 Å². The molecular weight excluding hydrogens is 310 g/mol. The number of hydrogen-bond acceptors (Lipinski definition) is 4. The number of aromatic nitrogens is 1. The van der Waals surface area contributed by atoms with Gasteiger partial charge in [-0.3, -0.25) is 0 Å². The summed E-state index contributed by atoms with van der Waals surface area (Å²) < 4.78 is 31.0. The highest BCUT2D eigenvalue weighted by Crippen LogP contribution is 2.31. The fourth-order valence-corrected chi connectivity index (χ4v) is 3.64. The zero-order valence-corrected chi connectivity index (χ0v) is 14.0. The van der Waals surface area contributed by atoms with Crippen LogP contribution in [0.15, 0.2) is 63.2 Å². The molecule has 0 spiro atoms. The third-order valence-corrected chi connectivity index (χ3v) is 5.58. The van der Waals surface area contributed by atoms with E-state index in [1.54, 1.807) is 24.3 Å². The lowest BCUT2D eigenvalue weighted by molar-refractivity contribution is 0.567. The summed E-state index contributed by atoms with van der Waals surface area (Å²) in [5.41, 5.74) is 3.91. The van der Waals surface area contributed by atoms with E-state index in [9.17, 15) is 8.42 Å². The number of hydrogen-bond donors (Lipinski definition) is 0. The molecule has 2 aromatic carbocycles. The molecule has 0 unspecified atom stereocenters. The predicted octanol–water partition coefficient (Wildman–Crippen LogP) is 4.10. The van der Waals surface area contributed by atoms with Crippen LogP contribution in [0.4, 0.5) is 0 Å². The summed E-state index contributed by atoms with van der Waals surface area (Å²) in [5.74, 6) is 0.272. The summed E-state index contributed by atoms with van der Waals surface area (Å²) in [5, 5.41) is -0.0513. The van der Waals surface area contributed by atoms with Crippen LogP contribution < -0.4 is 0 Å². The van der Waals surface area contributed by atoms with E-state index in [4.69, 9.17) is 4.42 Å². The number of benzene rings is 2. The number of aryl methyl sites for hydroxylation is 3. The second-order valence-electron chi connectivity index (χ2n) is 5.60. The largest absolute Gasteiger partial charge is 0.442 e. The number of nitrogens with zero attached hydrogens (tertiary/aromatic N) is 1. The highest BCUT2D eigenvalue weighted by molar-refractivity contribution is 7.91. The van der Waals surface area contributed by atoms with E-state index < -0.39 is 9.84 Å². The van der Waals surface area contributed by atoms with E-state index >= 15 is 0 Å². The molecule has 1 heterocycles. The van der Waals surface area contributed by atoms with Crippen molar-refractivity contribution in [2.45, 2.75) is 30.7 Å². The van der Waals surface area contributed by atoms with Crippen LogP contribution in [0, 0.1) is 20.8 Å². The molecule has 4 nitrogen and oxygen atoms in total. The van der Waals surface area contributed by atoms with Gasteiger partial charge >= 0.3 is 0 Å². The molecule has 118 valence electrons. The summed E-state index contributed by atoms with van der Waals surface area (Å²) in [6.45, 7) is 5.89. The molecule has 3 aromatic rings. The Morgan fingerprint density at radius 2 is 1.61 bits per heavy atom. The Hall–Kier alpha value is -2.40. The fraction of sp³-hybridized carbons (Fsp3) is 0.167. The van der Waals surface area contributed by atoms with Crippen molar-refractivity contribution in [1.82, 2.24) is 4.98 Å². The van der Waals surface area contributed by atoms with E-state index in [1.807, 2.05) is 39.0 Å². The first-order valence-electron chi connectivity index (χ1n) is 7.22. The van der Waals surface area contributed by atoms with Crippen LogP contribution >= 0.6 is 0 Å². The standard InChI is InChI=1S/C18H17NO3S/c1-12-4-8-16(9-5-12)23(20,21)18-17(22-11-19-18)15-7-6-13(2)14(3)10-15/h4-11H,1-3H3. The smallest absolute Gasteiger partial charge is 0.227 e. The van der Waals surface area contributed by atoms with Crippen LogP contribution in [0.3, 0.4) is 0 Å². The third kappa shape index (κ3) is 2.80. The average Bonchev–Trinajstić information content (AvgIpc) is 3.01. The van der Waals surface area contributed by atoms with Gasteiger partial charge < -0.3 is 4.42 Å².